The molecule has 0 saturated heterocycles. The molecular formula is C39H30N11O9S3-3. The molecular weight excluding hydrogens is 863 g/mol. The van der Waals surface area contributed by atoms with Gasteiger partial charge in [-0.1, -0.05) is 60.7 Å². The van der Waals surface area contributed by atoms with Crippen molar-refractivity contribution in [3.05, 3.63) is 138 Å². The molecule has 0 atom stereocenters. The van der Waals surface area contributed by atoms with Crippen LogP contribution in [0.4, 0.5) is 58.2 Å². The molecule has 7 rings (SSSR count). The van der Waals surface area contributed by atoms with Crippen molar-refractivity contribution in [2.24, 2.45) is 0 Å². The van der Waals surface area contributed by atoms with Crippen molar-refractivity contribution in [1.29, 1.82) is 0 Å². The van der Waals surface area contributed by atoms with E-state index in [4.69, 9.17) is 0 Å². The fraction of sp³-hybridized carbons (Fsp3) is 0.0256. The summed E-state index contributed by atoms with van der Waals surface area (Å²) in [5, 5.41) is 14.6. The first-order valence-corrected chi connectivity index (χ1v) is 22.0. The Bertz CT molecular complexity index is 3150. The van der Waals surface area contributed by atoms with Crippen LogP contribution in [-0.4, -0.2) is 68.8 Å². The second kappa shape index (κ2) is 17.7. The van der Waals surface area contributed by atoms with Gasteiger partial charge >= 0.3 is 0 Å². The molecule has 5 aromatic carbocycles. The monoisotopic (exact) mass is 892 g/mol. The lowest BCUT2D eigenvalue weighted by Gasteiger charge is -2.16. The van der Waals surface area contributed by atoms with Crippen molar-refractivity contribution in [3.63, 3.8) is 0 Å². The van der Waals surface area contributed by atoms with Gasteiger partial charge < -0.3 is 40.2 Å². The lowest BCUT2D eigenvalue weighted by atomic mass is 10.1. The lowest BCUT2D eigenvalue weighted by Crippen LogP contribution is -2.08. The fourth-order valence-corrected chi connectivity index (χ4v) is 7.50. The first kappa shape index (κ1) is 42.7. The molecule has 5 N–H and O–H groups in total. The standard InChI is InChI=1S/C39H33N11O9S3/c1-24-40-35(42-27-8-4-2-5-9-27)47-36(41-24)45-30-16-14-25(33(22-30)61(54,55)56)12-13-26-15-17-31(23-34(26)62(57,58)59)46-39-49-37(43-28-10-6-3-7-11-28)48-38(50-39)44-29-18-20-32(21-19-29)60(51,52)53/h2-23H,1H3,(H,51,52,53)(H,54,55,56)(H,57,58,59)(H2,40,41,42,45,47)(H3,43,44,46,48,49,50)/p-3. The van der Waals surface area contributed by atoms with E-state index in [-0.39, 0.29) is 52.2 Å². The first-order valence-electron chi connectivity index (χ1n) is 17.8. The molecule has 62 heavy (non-hydrogen) atoms. The third-order valence-electron chi connectivity index (χ3n) is 8.36. The molecule has 0 fully saturated rings. The Kier molecular flexibility index (Phi) is 12.2. The molecule has 0 bridgehead atoms. The minimum atomic E-state index is -5.17. The average Bonchev–Trinajstić information content (AvgIpc) is 3.20. The van der Waals surface area contributed by atoms with Crippen LogP contribution in [-0.2, 0) is 30.4 Å². The molecule has 23 heteroatoms. The maximum Gasteiger partial charge on any atom is 0.233 e. The predicted molar refractivity (Wildman–Crippen MR) is 226 cm³/mol. The second-order valence-electron chi connectivity index (χ2n) is 12.9. The number of nitrogens with zero attached hydrogens (tertiary/aromatic N) is 6. The number of benzene rings is 5. The zero-order valence-corrected chi connectivity index (χ0v) is 34.2. The molecule has 0 aliphatic carbocycles. The van der Waals surface area contributed by atoms with E-state index < -0.39 is 45.0 Å². The lowest BCUT2D eigenvalue weighted by molar-refractivity contribution is 0.460. The highest BCUT2D eigenvalue weighted by Gasteiger charge is 2.15. The summed E-state index contributed by atoms with van der Waals surface area (Å²) in [5.74, 6) is 0.414. The Morgan fingerprint density at radius 2 is 0.726 bits per heavy atom. The summed E-state index contributed by atoms with van der Waals surface area (Å²) in [6, 6.07) is 30.2. The van der Waals surface area contributed by atoms with Gasteiger partial charge in [0.25, 0.3) is 0 Å². The molecule has 7 aromatic rings. The van der Waals surface area contributed by atoms with Crippen molar-refractivity contribution in [1.82, 2.24) is 29.9 Å². The van der Waals surface area contributed by atoms with Gasteiger partial charge in [0.05, 0.1) is 14.7 Å². The molecule has 0 aliphatic heterocycles. The van der Waals surface area contributed by atoms with E-state index >= 15 is 0 Å². The highest BCUT2D eigenvalue weighted by atomic mass is 32.2. The van der Waals surface area contributed by atoms with E-state index in [0.29, 0.717) is 22.9 Å². The Balaban J connectivity index is 1.15. The maximum absolute atomic E-state index is 12.6. The maximum atomic E-state index is 12.6. The van der Waals surface area contributed by atoms with E-state index in [2.05, 4.69) is 56.5 Å². The predicted octanol–water partition coefficient (Wildman–Crippen LogP) is 5.97. The summed E-state index contributed by atoms with van der Waals surface area (Å²) < 4.78 is 109. The van der Waals surface area contributed by atoms with Crippen LogP contribution in [0.2, 0.25) is 0 Å². The Morgan fingerprint density at radius 1 is 0.403 bits per heavy atom. The molecule has 0 radical (unpaired) electrons. The van der Waals surface area contributed by atoms with Crippen molar-refractivity contribution in [3.8, 4) is 0 Å². The number of aromatic nitrogens is 6. The molecule has 20 nitrogen and oxygen atoms in total. The van der Waals surface area contributed by atoms with Gasteiger partial charge in [0, 0.05) is 28.4 Å². The molecule has 0 aliphatic rings. The van der Waals surface area contributed by atoms with Crippen LogP contribution >= 0.6 is 0 Å². The first-order chi connectivity index (χ1) is 29.4. The summed E-state index contributed by atoms with van der Waals surface area (Å²) in [4.78, 5) is 24.0. The van der Waals surface area contributed by atoms with Crippen LogP contribution in [0.15, 0.2) is 136 Å². The van der Waals surface area contributed by atoms with Crippen LogP contribution in [0, 0.1) is 6.92 Å². The van der Waals surface area contributed by atoms with Gasteiger partial charge in [0.15, 0.2) is 0 Å². The van der Waals surface area contributed by atoms with Crippen LogP contribution < -0.4 is 26.6 Å². The van der Waals surface area contributed by atoms with Crippen molar-refractivity contribution >= 4 is 101 Å². The van der Waals surface area contributed by atoms with Gasteiger partial charge in [0.1, 0.15) is 36.2 Å². The highest BCUT2D eigenvalue weighted by molar-refractivity contribution is 7.86. The fourth-order valence-electron chi connectivity index (χ4n) is 5.64. The van der Waals surface area contributed by atoms with E-state index in [1.165, 1.54) is 48.6 Å². The van der Waals surface area contributed by atoms with Crippen molar-refractivity contribution in [2.45, 2.75) is 21.6 Å². The zero-order chi connectivity index (χ0) is 44.1. The van der Waals surface area contributed by atoms with Crippen LogP contribution in [0.1, 0.15) is 17.0 Å². The number of nitrogens with one attached hydrogen (secondary N) is 5. The third-order valence-corrected chi connectivity index (χ3v) is 11.0. The van der Waals surface area contributed by atoms with Crippen molar-refractivity contribution < 1.29 is 38.9 Å². The summed E-state index contributed by atoms with van der Waals surface area (Å²) >= 11 is 0. The smallest absolute Gasteiger partial charge is 0.233 e. The summed E-state index contributed by atoms with van der Waals surface area (Å²) in [6.45, 7) is 1.63. The minimum Gasteiger partial charge on any atom is -0.744 e. The number of para-hydroxylation sites is 2. The molecule has 0 saturated carbocycles. The Labute approximate surface area is 354 Å². The van der Waals surface area contributed by atoms with E-state index in [9.17, 15) is 38.9 Å². The quantitative estimate of drug-likeness (QED) is 0.0585. The summed E-state index contributed by atoms with van der Waals surface area (Å²) in [6.07, 6.45) is 2.34. The molecule has 2 heterocycles. The number of hydrogen-bond acceptors (Lipinski definition) is 20. The minimum absolute atomic E-state index is 0.0183. The van der Waals surface area contributed by atoms with Crippen LogP contribution in [0.5, 0.6) is 0 Å². The van der Waals surface area contributed by atoms with Crippen molar-refractivity contribution in [2.75, 3.05) is 26.6 Å². The third kappa shape index (κ3) is 11.2. The molecule has 0 spiro atoms. The largest absolute Gasteiger partial charge is 0.744 e. The summed E-state index contributed by atoms with van der Waals surface area (Å²) in [7, 11) is -15.0. The number of hydrogen-bond donors (Lipinski definition) is 5. The average molecular weight is 893 g/mol. The summed E-state index contributed by atoms with van der Waals surface area (Å²) in [5.41, 5.74) is 1.52. The van der Waals surface area contributed by atoms with Crippen LogP contribution in [0.25, 0.3) is 12.2 Å². The molecule has 2 aromatic heterocycles. The SMILES string of the molecule is Cc1nc(Nc2ccccc2)nc(Nc2ccc(C=Cc3ccc(Nc4nc(Nc5ccccc5)nc(Nc5ccc(S(=O)(=O)[O-])cc5)n4)cc3S(=O)(=O)[O-])c(S(=O)(=O)[O-])c2)n1. The van der Waals surface area contributed by atoms with Gasteiger partial charge in [-0.05, 0) is 90.8 Å². The van der Waals surface area contributed by atoms with E-state index in [1.807, 2.05) is 18.2 Å². The second-order valence-corrected chi connectivity index (χ2v) is 17.0. The van der Waals surface area contributed by atoms with Gasteiger partial charge in [-0.3, -0.25) is 0 Å². The highest BCUT2D eigenvalue weighted by Crippen LogP contribution is 2.29. The molecule has 316 valence electrons. The zero-order valence-electron chi connectivity index (χ0n) is 31.8. The number of aryl methyl sites for hydroxylation is 1. The normalized spacial score (nSPS) is 11.9. The number of anilines is 10. The van der Waals surface area contributed by atoms with E-state index in [0.717, 1.165) is 24.3 Å². The van der Waals surface area contributed by atoms with E-state index in [1.54, 1.807) is 49.4 Å². The molecule has 0 amide bonds. The van der Waals surface area contributed by atoms with Gasteiger partial charge in [-0.15, -0.1) is 0 Å². The number of rotatable bonds is 15. The van der Waals surface area contributed by atoms with Crippen LogP contribution in [0.3, 0.4) is 0 Å². The van der Waals surface area contributed by atoms with Gasteiger partial charge in [-0.25, -0.2) is 25.3 Å². The topological polar surface area (TPSA) is 309 Å². The van der Waals surface area contributed by atoms with Gasteiger partial charge in [0.2, 0.25) is 29.7 Å². The Hall–Kier alpha value is -7.41. The molecule has 0 unspecified atom stereocenters. The Morgan fingerprint density at radius 3 is 1.08 bits per heavy atom. The van der Waals surface area contributed by atoms with Gasteiger partial charge in [-0.2, -0.15) is 29.9 Å².